The van der Waals surface area contributed by atoms with Gasteiger partial charge in [0.2, 0.25) is 5.89 Å². The summed E-state index contributed by atoms with van der Waals surface area (Å²) in [7, 11) is 0. The molecule has 3 rings (SSSR count). The molecular formula is C18H23N3O3. The van der Waals surface area contributed by atoms with Crippen LogP contribution in [-0.4, -0.2) is 40.6 Å². The number of benzene rings is 1. The highest BCUT2D eigenvalue weighted by Crippen LogP contribution is 2.20. The van der Waals surface area contributed by atoms with E-state index in [1.807, 2.05) is 36.1 Å². The van der Waals surface area contributed by atoms with E-state index in [0.29, 0.717) is 11.8 Å². The van der Waals surface area contributed by atoms with Crippen molar-refractivity contribution in [1.29, 1.82) is 0 Å². The highest BCUT2D eigenvalue weighted by atomic mass is 16.5. The van der Waals surface area contributed by atoms with Crippen LogP contribution in [0, 0.1) is 19.8 Å². The SMILES string of the molecule is Cc1ccc(OCC(=O)N2CCCC(Cc3noc(C)n3)C2)cc1. The fraction of sp³-hybridized carbons (Fsp3) is 0.500. The molecule has 0 radical (unpaired) electrons. The first-order chi connectivity index (χ1) is 11.6. The van der Waals surface area contributed by atoms with Crippen LogP contribution in [0.1, 0.15) is 30.1 Å². The molecule has 6 nitrogen and oxygen atoms in total. The van der Waals surface area contributed by atoms with E-state index >= 15 is 0 Å². The molecule has 0 aliphatic carbocycles. The van der Waals surface area contributed by atoms with E-state index in [4.69, 9.17) is 9.26 Å². The molecule has 1 atom stereocenters. The van der Waals surface area contributed by atoms with Gasteiger partial charge in [-0.25, -0.2) is 0 Å². The van der Waals surface area contributed by atoms with Gasteiger partial charge in [-0.15, -0.1) is 0 Å². The Hall–Kier alpha value is -2.37. The van der Waals surface area contributed by atoms with Gasteiger partial charge < -0.3 is 14.2 Å². The van der Waals surface area contributed by atoms with E-state index in [9.17, 15) is 4.79 Å². The Morgan fingerprint density at radius 1 is 1.33 bits per heavy atom. The van der Waals surface area contributed by atoms with Crippen molar-refractivity contribution in [3.63, 3.8) is 0 Å². The lowest BCUT2D eigenvalue weighted by atomic mass is 9.94. The van der Waals surface area contributed by atoms with Crippen LogP contribution in [0.2, 0.25) is 0 Å². The van der Waals surface area contributed by atoms with E-state index in [1.165, 1.54) is 5.56 Å². The average molecular weight is 329 g/mol. The summed E-state index contributed by atoms with van der Waals surface area (Å²) < 4.78 is 10.6. The fourth-order valence-corrected chi connectivity index (χ4v) is 3.01. The third-order valence-corrected chi connectivity index (χ3v) is 4.30. The van der Waals surface area contributed by atoms with E-state index in [2.05, 4.69) is 10.1 Å². The van der Waals surface area contributed by atoms with Crippen LogP contribution in [0.5, 0.6) is 5.75 Å². The van der Waals surface area contributed by atoms with Gasteiger partial charge in [0.1, 0.15) is 5.75 Å². The highest BCUT2D eigenvalue weighted by Gasteiger charge is 2.25. The lowest BCUT2D eigenvalue weighted by Gasteiger charge is -2.32. The standard InChI is InChI=1S/C18H23N3O3/c1-13-5-7-16(8-6-13)23-12-18(22)21-9-3-4-15(11-21)10-17-19-14(2)24-20-17/h5-8,15H,3-4,9-12H2,1-2H3. The number of likely N-dealkylation sites (tertiary alicyclic amines) is 1. The first-order valence-corrected chi connectivity index (χ1v) is 8.36. The fourth-order valence-electron chi connectivity index (χ4n) is 3.01. The number of hydrogen-bond donors (Lipinski definition) is 0. The zero-order valence-electron chi connectivity index (χ0n) is 14.2. The van der Waals surface area contributed by atoms with Crippen molar-refractivity contribution in [2.45, 2.75) is 33.1 Å². The Kier molecular flexibility index (Phi) is 5.13. The summed E-state index contributed by atoms with van der Waals surface area (Å²) in [6.45, 7) is 5.41. The van der Waals surface area contributed by atoms with Crippen LogP contribution in [0.15, 0.2) is 28.8 Å². The number of ether oxygens (including phenoxy) is 1. The van der Waals surface area contributed by atoms with Gasteiger partial charge in [0.05, 0.1) is 0 Å². The first-order valence-electron chi connectivity index (χ1n) is 8.36. The van der Waals surface area contributed by atoms with Crippen molar-refractivity contribution < 1.29 is 14.1 Å². The van der Waals surface area contributed by atoms with Crippen LogP contribution in [0.25, 0.3) is 0 Å². The number of rotatable bonds is 5. The number of piperidine rings is 1. The molecule has 0 N–H and O–H groups in total. The largest absolute Gasteiger partial charge is 0.484 e. The minimum absolute atomic E-state index is 0.0320. The summed E-state index contributed by atoms with van der Waals surface area (Å²) in [4.78, 5) is 18.5. The van der Waals surface area contributed by atoms with E-state index in [-0.39, 0.29) is 12.5 Å². The average Bonchev–Trinajstić information content (AvgIpc) is 2.99. The molecule has 0 bridgehead atoms. The van der Waals surface area contributed by atoms with E-state index in [1.54, 1.807) is 6.92 Å². The molecule has 0 saturated carbocycles. The maximum Gasteiger partial charge on any atom is 0.260 e. The molecule has 1 saturated heterocycles. The molecule has 1 aliphatic rings. The molecule has 0 spiro atoms. The van der Waals surface area contributed by atoms with Gasteiger partial charge in [0, 0.05) is 26.4 Å². The minimum atomic E-state index is 0.0320. The number of carbonyl (C=O) groups excluding carboxylic acids is 1. The quantitative estimate of drug-likeness (QED) is 0.843. The van der Waals surface area contributed by atoms with Crippen molar-refractivity contribution in [2.24, 2.45) is 5.92 Å². The van der Waals surface area contributed by atoms with E-state index < -0.39 is 0 Å². The predicted molar refractivity (Wildman–Crippen MR) is 88.7 cm³/mol. The van der Waals surface area contributed by atoms with Gasteiger partial charge in [0.15, 0.2) is 12.4 Å². The summed E-state index contributed by atoms with van der Waals surface area (Å²) >= 11 is 0. The Balaban J connectivity index is 1.50. The van der Waals surface area contributed by atoms with Crippen LogP contribution in [0.4, 0.5) is 0 Å². The Bertz CT molecular complexity index is 681. The second-order valence-corrected chi connectivity index (χ2v) is 6.38. The van der Waals surface area contributed by atoms with Gasteiger partial charge in [-0.1, -0.05) is 22.9 Å². The maximum atomic E-state index is 12.4. The van der Waals surface area contributed by atoms with Gasteiger partial charge in [0.25, 0.3) is 5.91 Å². The van der Waals surface area contributed by atoms with E-state index in [0.717, 1.165) is 43.9 Å². The maximum absolute atomic E-state index is 12.4. The van der Waals surface area contributed by atoms with Crippen LogP contribution in [0.3, 0.4) is 0 Å². The topological polar surface area (TPSA) is 68.5 Å². The minimum Gasteiger partial charge on any atom is -0.484 e. The van der Waals surface area contributed by atoms with Crippen molar-refractivity contribution in [3.8, 4) is 5.75 Å². The van der Waals surface area contributed by atoms with Crippen LogP contribution in [-0.2, 0) is 11.2 Å². The van der Waals surface area contributed by atoms with Crippen molar-refractivity contribution in [3.05, 3.63) is 41.5 Å². The number of nitrogens with zero attached hydrogens (tertiary/aromatic N) is 3. The summed E-state index contributed by atoms with van der Waals surface area (Å²) in [5.41, 5.74) is 1.17. The summed E-state index contributed by atoms with van der Waals surface area (Å²) in [6.07, 6.45) is 2.83. The molecule has 128 valence electrons. The van der Waals surface area contributed by atoms with Gasteiger partial charge >= 0.3 is 0 Å². The Morgan fingerprint density at radius 3 is 2.83 bits per heavy atom. The van der Waals surface area contributed by atoms with Gasteiger partial charge in [-0.3, -0.25) is 4.79 Å². The second-order valence-electron chi connectivity index (χ2n) is 6.38. The van der Waals surface area contributed by atoms with Crippen molar-refractivity contribution in [2.75, 3.05) is 19.7 Å². The molecule has 1 unspecified atom stereocenters. The summed E-state index contributed by atoms with van der Waals surface area (Å²) in [5, 5.41) is 3.95. The molecule has 1 amide bonds. The number of aromatic nitrogens is 2. The zero-order valence-corrected chi connectivity index (χ0v) is 14.2. The number of aryl methyl sites for hydroxylation is 2. The molecule has 24 heavy (non-hydrogen) atoms. The third kappa shape index (κ3) is 4.34. The molecule has 1 aliphatic heterocycles. The van der Waals surface area contributed by atoms with Gasteiger partial charge in [-0.2, -0.15) is 4.98 Å². The monoisotopic (exact) mass is 329 g/mol. The summed E-state index contributed by atoms with van der Waals surface area (Å²) in [5.74, 6) is 2.44. The number of carbonyl (C=O) groups is 1. The molecule has 2 aromatic rings. The normalized spacial score (nSPS) is 17.8. The molecule has 6 heteroatoms. The Morgan fingerprint density at radius 2 is 2.12 bits per heavy atom. The molecule has 1 aromatic carbocycles. The van der Waals surface area contributed by atoms with Crippen LogP contribution >= 0.6 is 0 Å². The van der Waals surface area contributed by atoms with Crippen LogP contribution < -0.4 is 4.74 Å². The lowest BCUT2D eigenvalue weighted by molar-refractivity contribution is -0.135. The molecular weight excluding hydrogens is 306 g/mol. The smallest absolute Gasteiger partial charge is 0.260 e. The molecule has 1 aromatic heterocycles. The number of hydrogen-bond acceptors (Lipinski definition) is 5. The predicted octanol–water partition coefficient (Wildman–Crippen LogP) is 2.55. The highest BCUT2D eigenvalue weighted by molar-refractivity contribution is 5.77. The van der Waals surface area contributed by atoms with Crippen molar-refractivity contribution >= 4 is 5.91 Å². The summed E-state index contributed by atoms with van der Waals surface area (Å²) in [6, 6.07) is 7.73. The Labute approximate surface area is 141 Å². The second kappa shape index (κ2) is 7.47. The van der Waals surface area contributed by atoms with Crippen molar-refractivity contribution in [1.82, 2.24) is 15.0 Å². The number of amides is 1. The zero-order chi connectivity index (χ0) is 16.9. The lowest BCUT2D eigenvalue weighted by Crippen LogP contribution is -2.42. The third-order valence-electron chi connectivity index (χ3n) is 4.30. The molecule has 1 fully saturated rings. The first kappa shape index (κ1) is 16.5. The molecule has 2 heterocycles. The van der Waals surface area contributed by atoms with Gasteiger partial charge in [-0.05, 0) is 37.8 Å².